The highest BCUT2D eigenvalue weighted by Crippen LogP contribution is 2.31. The lowest BCUT2D eigenvalue weighted by atomic mass is 10.2. The Bertz CT molecular complexity index is 1030. The molecule has 0 aliphatic carbocycles. The van der Waals surface area contributed by atoms with Gasteiger partial charge in [0.05, 0.1) is 5.39 Å². The molecule has 1 amide bonds. The first-order chi connectivity index (χ1) is 15.6. The van der Waals surface area contributed by atoms with Gasteiger partial charge in [0.1, 0.15) is 23.5 Å². The van der Waals surface area contributed by atoms with Crippen molar-refractivity contribution >= 4 is 34.4 Å². The maximum Gasteiger partial charge on any atom is 0.410 e. The van der Waals surface area contributed by atoms with Gasteiger partial charge >= 0.3 is 12.1 Å². The molecule has 2 aromatic heterocycles. The van der Waals surface area contributed by atoms with Crippen molar-refractivity contribution < 1.29 is 18.7 Å². The number of carbonyl (C=O) groups excluding carboxylic acids is 1. The lowest BCUT2D eigenvalue weighted by molar-refractivity contribution is 0.0240. The molecule has 0 saturated carbocycles. The molecule has 2 aromatic rings. The SMILES string of the molecule is CN1CCC[C@@H]1COc1nc(N2CCN(C(=O)OC(C)(C)C)CC2)c2cnc(Cl)c(F)c2n1. The fraction of sp³-hybridized carbons (Fsp3) is 0.636. The first kappa shape index (κ1) is 23.7. The first-order valence-electron chi connectivity index (χ1n) is 11.2. The lowest BCUT2D eigenvalue weighted by Gasteiger charge is -2.36. The van der Waals surface area contributed by atoms with Gasteiger partial charge < -0.3 is 24.2 Å². The number of fused-ring (bicyclic) bond motifs is 1. The van der Waals surface area contributed by atoms with Crippen molar-refractivity contribution in [2.24, 2.45) is 0 Å². The molecule has 1 atom stereocenters. The molecule has 4 rings (SSSR count). The number of ether oxygens (including phenoxy) is 2. The second-order valence-electron chi connectivity index (χ2n) is 9.50. The number of hydrogen-bond donors (Lipinski definition) is 0. The highest BCUT2D eigenvalue weighted by molar-refractivity contribution is 6.30. The summed E-state index contributed by atoms with van der Waals surface area (Å²) >= 11 is 5.92. The molecular formula is C22H30ClFN6O3. The number of halogens is 2. The molecule has 2 aliphatic heterocycles. The van der Waals surface area contributed by atoms with Gasteiger partial charge in [-0.05, 0) is 47.2 Å². The van der Waals surface area contributed by atoms with Gasteiger partial charge in [-0.1, -0.05) is 11.6 Å². The van der Waals surface area contributed by atoms with Crippen LogP contribution in [0.4, 0.5) is 15.0 Å². The van der Waals surface area contributed by atoms with Crippen molar-refractivity contribution in [2.75, 3.05) is 51.3 Å². The molecule has 11 heteroatoms. The van der Waals surface area contributed by atoms with E-state index in [0.29, 0.717) is 44.0 Å². The van der Waals surface area contributed by atoms with Gasteiger partial charge in [0.15, 0.2) is 11.0 Å². The minimum absolute atomic E-state index is 0.0735. The number of likely N-dealkylation sites (N-methyl/N-ethyl adjacent to an activating group) is 1. The third kappa shape index (κ3) is 5.38. The predicted octanol–water partition coefficient (Wildman–Crippen LogP) is 3.35. The standard InChI is InChI=1S/C22H30ClFN6O3/c1-22(2,3)33-21(31)30-10-8-29(9-11-30)19-15-12-25-18(23)16(24)17(15)26-20(27-19)32-13-14-6-5-7-28(14)4/h12,14H,5-11,13H2,1-4H3/t14-/m1/s1. The normalized spacial score (nSPS) is 19.9. The molecule has 0 bridgehead atoms. The molecule has 0 aromatic carbocycles. The van der Waals surface area contributed by atoms with E-state index in [1.807, 2.05) is 25.7 Å². The van der Waals surface area contributed by atoms with Gasteiger partial charge in [-0.2, -0.15) is 9.97 Å². The van der Waals surface area contributed by atoms with Crippen LogP contribution in [0.2, 0.25) is 5.15 Å². The van der Waals surface area contributed by atoms with Crippen molar-refractivity contribution in [3.63, 3.8) is 0 Å². The zero-order valence-corrected chi connectivity index (χ0v) is 20.2. The third-order valence-electron chi connectivity index (χ3n) is 5.91. The molecule has 2 fully saturated rings. The number of piperazine rings is 1. The van der Waals surface area contributed by atoms with Crippen LogP contribution in [0.25, 0.3) is 10.9 Å². The molecule has 2 aliphatic rings. The number of likely N-dealkylation sites (tertiary alicyclic amines) is 1. The van der Waals surface area contributed by atoms with E-state index in [2.05, 4.69) is 26.9 Å². The third-order valence-corrected chi connectivity index (χ3v) is 6.17. The second kappa shape index (κ2) is 9.42. The summed E-state index contributed by atoms with van der Waals surface area (Å²) < 4.78 is 26.2. The Labute approximate surface area is 197 Å². The quantitative estimate of drug-likeness (QED) is 0.616. The fourth-order valence-corrected chi connectivity index (χ4v) is 4.23. The number of amides is 1. The first-order valence-corrected chi connectivity index (χ1v) is 11.6. The van der Waals surface area contributed by atoms with Crippen LogP contribution in [0.5, 0.6) is 6.01 Å². The van der Waals surface area contributed by atoms with Gasteiger partial charge in [-0.3, -0.25) is 0 Å². The molecule has 2 saturated heterocycles. The van der Waals surface area contributed by atoms with E-state index in [4.69, 9.17) is 21.1 Å². The van der Waals surface area contributed by atoms with Gasteiger partial charge in [-0.15, -0.1) is 0 Å². The van der Waals surface area contributed by atoms with E-state index in [1.165, 1.54) is 6.20 Å². The Hall–Kier alpha value is -2.46. The average Bonchev–Trinajstić information content (AvgIpc) is 3.18. The van der Waals surface area contributed by atoms with Crippen LogP contribution in [-0.2, 0) is 4.74 Å². The minimum atomic E-state index is -0.701. The summed E-state index contributed by atoms with van der Waals surface area (Å²) in [5.74, 6) is -0.185. The van der Waals surface area contributed by atoms with Crippen LogP contribution in [0.3, 0.4) is 0 Å². The number of aromatic nitrogens is 3. The second-order valence-corrected chi connectivity index (χ2v) is 9.86. The molecule has 9 nitrogen and oxygen atoms in total. The van der Waals surface area contributed by atoms with Crippen molar-refractivity contribution in [3.05, 3.63) is 17.2 Å². The van der Waals surface area contributed by atoms with E-state index in [-0.39, 0.29) is 28.8 Å². The smallest absolute Gasteiger partial charge is 0.410 e. The zero-order valence-electron chi connectivity index (χ0n) is 19.5. The Morgan fingerprint density at radius 1 is 1.21 bits per heavy atom. The van der Waals surface area contributed by atoms with Crippen molar-refractivity contribution in [1.82, 2.24) is 24.8 Å². The highest BCUT2D eigenvalue weighted by atomic mass is 35.5. The number of carbonyl (C=O) groups is 1. The van der Waals surface area contributed by atoms with Gasteiger partial charge in [-0.25, -0.2) is 14.2 Å². The van der Waals surface area contributed by atoms with E-state index >= 15 is 0 Å². The molecule has 33 heavy (non-hydrogen) atoms. The number of nitrogens with zero attached hydrogens (tertiary/aromatic N) is 6. The van der Waals surface area contributed by atoms with Gasteiger partial charge in [0, 0.05) is 38.4 Å². The maximum absolute atomic E-state index is 14.8. The van der Waals surface area contributed by atoms with E-state index in [9.17, 15) is 9.18 Å². The Balaban J connectivity index is 1.56. The van der Waals surface area contributed by atoms with Crippen molar-refractivity contribution in [2.45, 2.75) is 45.3 Å². The molecular weight excluding hydrogens is 451 g/mol. The zero-order chi connectivity index (χ0) is 23.8. The summed E-state index contributed by atoms with van der Waals surface area (Å²) in [6.45, 7) is 8.87. The van der Waals surface area contributed by atoms with Crippen LogP contribution in [0.15, 0.2) is 6.20 Å². The van der Waals surface area contributed by atoms with Crippen molar-refractivity contribution in [1.29, 1.82) is 0 Å². The summed E-state index contributed by atoms with van der Waals surface area (Å²) in [5, 5.41) is 0.205. The summed E-state index contributed by atoms with van der Waals surface area (Å²) in [6.07, 6.45) is 3.28. The Kier molecular flexibility index (Phi) is 6.76. The van der Waals surface area contributed by atoms with Crippen molar-refractivity contribution in [3.8, 4) is 6.01 Å². The minimum Gasteiger partial charge on any atom is -0.462 e. The maximum atomic E-state index is 14.8. The number of hydrogen-bond acceptors (Lipinski definition) is 8. The molecule has 4 heterocycles. The lowest BCUT2D eigenvalue weighted by Crippen LogP contribution is -2.50. The topological polar surface area (TPSA) is 83.9 Å². The van der Waals surface area contributed by atoms with E-state index in [1.54, 1.807) is 4.90 Å². The summed E-state index contributed by atoms with van der Waals surface area (Å²) in [7, 11) is 2.06. The van der Waals surface area contributed by atoms with E-state index in [0.717, 1.165) is 19.4 Å². The predicted molar refractivity (Wildman–Crippen MR) is 123 cm³/mol. The van der Waals surface area contributed by atoms with Crippen LogP contribution in [0, 0.1) is 5.82 Å². The Morgan fingerprint density at radius 2 is 1.94 bits per heavy atom. The van der Waals surface area contributed by atoms with Crippen LogP contribution < -0.4 is 9.64 Å². The number of rotatable bonds is 4. The summed E-state index contributed by atoms with van der Waals surface area (Å²) in [6, 6.07) is 0.379. The van der Waals surface area contributed by atoms with Crippen LogP contribution in [-0.4, -0.2) is 88.9 Å². The molecule has 180 valence electrons. The molecule has 0 radical (unpaired) electrons. The summed E-state index contributed by atoms with van der Waals surface area (Å²) in [5.41, 5.74) is -0.483. The number of pyridine rings is 1. The number of anilines is 1. The van der Waals surface area contributed by atoms with Gasteiger partial charge in [0.2, 0.25) is 0 Å². The largest absolute Gasteiger partial charge is 0.462 e. The molecule has 0 N–H and O–H groups in total. The average molecular weight is 481 g/mol. The highest BCUT2D eigenvalue weighted by Gasteiger charge is 2.29. The van der Waals surface area contributed by atoms with Crippen LogP contribution in [0.1, 0.15) is 33.6 Å². The van der Waals surface area contributed by atoms with Gasteiger partial charge in [0.25, 0.3) is 0 Å². The monoisotopic (exact) mass is 480 g/mol. The summed E-state index contributed by atoms with van der Waals surface area (Å²) in [4.78, 5) is 31.1. The fourth-order valence-electron chi connectivity index (χ4n) is 4.09. The molecule has 0 spiro atoms. The molecule has 0 unspecified atom stereocenters. The van der Waals surface area contributed by atoms with Crippen LogP contribution >= 0.6 is 11.6 Å². The Morgan fingerprint density at radius 3 is 2.58 bits per heavy atom. The van der Waals surface area contributed by atoms with E-state index < -0.39 is 11.4 Å².